The number of benzene rings is 4. The molecule has 4 aromatic carbocycles. The molecule has 7 nitrogen and oxygen atoms in total. The van der Waals surface area contributed by atoms with Crippen molar-refractivity contribution >= 4 is 41.4 Å². The number of hydrogen-bond acceptors (Lipinski definition) is 5. The lowest BCUT2D eigenvalue weighted by Crippen LogP contribution is -2.32. The van der Waals surface area contributed by atoms with Crippen LogP contribution in [0.3, 0.4) is 0 Å². The van der Waals surface area contributed by atoms with Gasteiger partial charge in [0.2, 0.25) is 0 Å². The summed E-state index contributed by atoms with van der Waals surface area (Å²) in [6.07, 6.45) is 3.52. The Morgan fingerprint density at radius 2 is 1.60 bits per heavy atom. The molecule has 0 atom stereocenters. The van der Waals surface area contributed by atoms with E-state index in [1.165, 1.54) is 6.21 Å². The Morgan fingerprint density at radius 3 is 2.29 bits per heavy atom. The minimum atomic E-state index is -0.616. The van der Waals surface area contributed by atoms with Gasteiger partial charge < -0.3 is 15.3 Å². The van der Waals surface area contributed by atoms with Gasteiger partial charge in [0.15, 0.2) is 0 Å². The van der Waals surface area contributed by atoms with Crippen LogP contribution in [0.25, 0.3) is 6.08 Å². The highest BCUT2D eigenvalue weighted by molar-refractivity contribution is 6.31. The molecule has 0 unspecified atom stereocenters. The van der Waals surface area contributed by atoms with Gasteiger partial charge in [0.25, 0.3) is 11.8 Å². The molecule has 0 bridgehead atoms. The second kappa shape index (κ2) is 14.7. The number of rotatable bonds is 11. The summed E-state index contributed by atoms with van der Waals surface area (Å²) >= 11 is 6.30. The first-order valence-electron chi connectivity index (χ1n) is 13.7. The van der Waals surface area contributed by atoms with E-state index in [4.69, 9.17) is 11.6 Å². The third-order valence-corrected chi connectivity index (χ3v) is 7.04. The Labute approximate surface area is 251 Å². The Bertz CT molecular complexity index is 1580. The normalized spacial score (nSPS) is 11.4. The fourth-order valence-electron chi connectivity index (χ4n) is 4.38. The van der Waals surface area contributed by atoms with Crippen molar-refractivity contribution in [2.75, 3.05) is 18.0 Å². The number of carbonyl (C=O) groups is 2. The molecule has 0 aliphatic heterocycles. The second-order valence-corrected chi connectivity index (χ2v) is 9.91. The highest BCUT2D eigenvalue weighted by atomic mass is 35.5. The van der Waals surface area contributed by atoms with Crippen molar-refractivity contribution in [1.29, 1.82) is 0 Å². The van der Waals surface area contributed by atoms with Gasteiger partial charge >= 0.3 is 0 Å². The van der Waals surface area contributed by atoms with Gasteiger partial charge in [-0.15, -0.1) is 0 Å². The van der Waals surface area contributed by atoms with Crippen molar-refractivity contribution in [3.63, 3.8) is 0 Å². The van der Waals surface area contributed by atoms with Crippen LogP contribution in [0.4, 0.5) is 5.69 Å². The summed E-state index contributed by atoms with van der Waals surface area (Å²) in [6.45, 7) is 5.94. The van der Waals surface area contributed by atoms with Gasteiger partial charge in [0.05, 0.1) is 6.21 Å². The quantitative estimate of drug-likeness (QED) is 0.109. The maximum Gasteiger partial charge on any atom is 0.287 e. The lowest BCUT2D eigenvalue weighted by atomic mass is 10.0. The van der Waals surface area contributed by atoms with Crippen LogP contribution in [0.2, 0.25) is 5.02 Å². The Kier molecular flexibility index (Phi) is 10.5. The molecule has 0 saturated carbocycles. The van der Waals surface area contributed by atoms with Crippen molar-refractivity contribution in [2.24, 2.45) is 5.10 Å². The van der Waals surface area contributed by atoms with Crippen LogP contribution in [-0.4, -0.2) is 36.2 Å². The number of hydrazone groups is 1. The number of aromatic hydroxyl groups is 1. The number of anilines is 1. The maximum atomic E-state index is 13.2. The first kappa shape index (κ1) is 30.1. The van der Waals surface area contributed by atoms with E-state index in [-0.39, 0.29) is 11.4 Å². The van der Waals surface area contributed by atoms with Crippen LogP contribution in [0.5, 0.6) is 5.75 Å². The number of carbonyl (C=O) groups excluding carboxylic acids is 2. The zero-order valence-electron chi connectivity index (χ0n) is 23.5. The highest BCUT2D eigenvalue weighted by Crippen LogP contribution is 2.23. The van der Waals surface area contributed by atoms with Gasteiger partial charge in [-0.2, -0.15) is 5.10 Å². The van der Waals surface area contributed by atoms with E-state index < -0.39 is 11.8 Å². The van der Waals surface area contributed by atoms with Crippen molar-refractivity contribution in [1.82, 2.24) is 10.7 Å². The molecule has 0 spiro atoms. The van der Waals surface area contributed by atoms with Gasteiger partial charge in [-0.1, -0.05) is 66.2 Å². The lowest BCUT2D eigenvalue weighted by Gasteiger charge is -2.21. The number of nitrogens with one attached hydrogen (secondary N) is 2. The van der Waals surface area contributed by atoms with Crippen LogP contribution in [0.15, 0.2) is 108 Å². The van der Waals surface area contributed by atoms with E-state index in [1.807, 2.05) is 54.6 Å². The SMILES string of the molecule is CCN(CC)c1ccc(/C=C(/NC(=O)c2ccccc2)C(=O)N/N=C/c2cc(Cc3ccccc3Cl)ccc2O)cc1. The minimum absolute atomic E-state index is 0.0114. The smallest absolute Gasteiger partial charge is 0.287 e. The summed E-state index contributed by atoms with van der Waals surface area (Å²) < 4.78 is 0. The third-order valence-electron chi connectivity index (χ3n) is 6.68. The number of phenolic OH excluding ortho intramolecular Hbond substituents is 1. The summed E-state index contributed by atoms with van der Waals surface area (Å²) in [5.74, 6) is -1.03. The first-order valence-corrected chi connectivity index (χ1v) is 14.1. The Balaban J connectivity index is 1.53. The van der Waals surface area contributed by atoms with E-state index in [0.717, 1.165) is 35.5 Å². The van der Waals surface area contributed by atoms with Crippen LogP contribution < -0.4 is 15.6 Å². The number of phenols is 1. The zero-order valence-corrected chi connectivity index (χ0v) is 24.3. The summed E-state index contributed by atoms with van der Waals surface area (Å²) in [6, 6.07) is 29.1. The van der Waals surface area contributed by atoms with Crippen LogP contribution in [0, 0.1) is 0 Å². The molecular weight excluding hydrogens is 548 g/mol. The molecular formula is C34H33ClN4O3. The maximum absolute atomic E-state index is 13.2. The molecule has 3 N–H and O–H groups in total. The molecule has 0 aromatic heterocycles. The van der Waals surface area contributed by atoms with Crippen molar-refractivity contribution < 1.29 is 14.7 Å². The average molecular weight is 581 g/mol. The molecule has 0 aliphatic rings. The molecule has 2 amide bonds. The molecule has 0 radical (unpaired) electrons. The third kappa shape index (κ3) is 8.08. The Morgan fingerprint density at radius 1 is 0.905 bits per heavy atom. The molecule has 8 heteroatoms. The second-order valence-electron chi connectivity index (χ2n) is 9.50. The fraction of sp³-hybridized carbons (Fsp3) is 0.147. The van der Waals surface area contributed by atoms with E-state index in [9.17, 15) is 14.7 Å². The van der Waals surface area contributed by atoms with Gasteiger partial charge in [-0.05, 0) is 85.5 Å². The Hall–Kier alpha value is -4.88. The average Bonchev–Trinajstić information content (AvgIpc) is 3.01. The van der Waals surface area contributed by atoms with Crippen LogP contribution in [0.1, 0.15) is 46.5 Å². The molecule has 0 fully saturated rings. The van der Waals surface area contributed by atoms with Crippen molar-refractivity contribution in [3.05, 3.63) is 136 Å². The summed E-state index contributed by atoms with van der Waals surface area (Å²) in [7, 11) is 0. The predicted molar refractivity (Wildman–Crippen MR) is 170 cm³/mol. The first-order chi connectivity index (χ1) is 20.4. The van der Waals surface area contributed by atoms with Crippen LogP contribution in [-0.2, 0) is 11.2 Å². The number of hydrogen-bond donors (Lipinski definition) is 3. The number of halogens is 1. The van der Waals surface area contributed by atoms with E-state index in [1.54, 1.807) is 48.5 Å². The molecule has 0 saturated heterocycles. The van der Waals surface area contributed by atoms with Gasteiger partial charge in [0.1, 0.15) is 11.4 Å². The van der Waals surface area contributed by atoms with E-state index in [2.05, 4.69) is 34.6 Å². The minimum Gasteiger partial charge on any atom is -0.507 e. The van der Waals surface area contributed by atoms with Gasteiger partial charge in [-0.3, -0.25) is 9.59 Å². The van der Waals surface area contributed by atoms with E-state index in [0.29, 0.717) is 22.6 Å². The molecule has 4 rings (SSSR count). The van der Waals surface area contributed by atoms with Crippen LogP contribution >= 0.6 is 11.6 Å². The fourth-order valence-corrected chi connectivity index (χ4v) is 4.58. The molecule has 0 aliphatic carbocycles. The predicted octanol–water partition coefficient (Wildman–Crippen LogP) is 6.40. The standard InChI is InChI=1S/C34H33ClN4O3/c1-3-39(4-2)29-17-14-24(15-18-29)22-31(37-33(41)26-10-6-5-7-11-26)34(42)38-36-23-28-21-25(16-19-32(28)40)20-27-12-8-9-13-30(27)35/h5-19,21-23,40H,3-4,20H2,1-2H3,(H,37,41)(H,38,42)/b31-22+,36-23+. The highest BCUT2D eigenvalue weighted by Gasteiger charge is 2.15. The monoisotopic (exact) mass is 580 g/mol. The molecule has 42 heavy (non-hydrogen) atoms. The number of amides is 2. The number of nitrogens with zero attached hydrogens (tertiary/aromatic N) is 2. The molecule has 214 valence electrons. The summed E-state index contributed by atoms with van der Waals surface area (Å²) in [4.78, 5) is 28.3. The van der Waals surface area contributed by atoms with Crippen molar-refractivity contribution in [2.45, 2.75) is 20.3 Å². The zero-order chi connectivity index (χ0) is 29.9. The molecule has 0 heterocycles. The molecule has 4 aromatic rings. The largest absolute Gasteiger partial charge is 0.507 e. The van der Waals surface area contributed by atoms with Gasteiger partial charge in [-0.25, -0.2) is 5.43 Å². The summed E-state index contributed by atoms with van der Waals surface area (Å²) in [5.41, 5.74) is 7.00. The topological polar surface area (TPSA) is 94.0 Å². The van der Waals surface area contributed by atoms with Crippen molar-refractivity contribution in [3.8, 4) is 5.75 Å². The van der Waals surface area contributed by atoms with E-state index >= 15 is 0 Å². The van der Waals surface area contributed by atoms with Gasteiger partial charge in [0, 0.05) is 34.9 Å². The lowest BCUT2D eigenvalue weighted by molar-refractivity contribution is -0.117. The summed E-state index contributed by atoms with van der Waals surface area (Å²) in [5, 5.41) is 17.8.